The molecule has 5 heteroatoms. The molecule has 2 atom stereocenters. The molecule has 1 aliphatic heterocycles. The monoisotopic (exact) mass is 355 g/mol. The number of piperidine rings is 1. The molecule has 0 aromatic rings. The van der Waals surface area contributed by atoms with Crippen molar-refractivity contribution in [2.75, 3.05) is 47.3 Å². The lowest BCUT2D eigenvalue weighted by atomic mass is 9.95. The first-order chi connectivity index (χ1) is 8.27. The van der Waals surface area contributed by atoms with Gasteiger partial charge >= 0.3 is 0 Å². The molecule has 1 aliphatic rings. The van der Waals surface area contributed by atoms with E-state index in [1.807, 2.05) is 10.2 Å². The lowest BCUT2D eigenvalue weighted by Gasteiger charge is -2.36. The first kappa shape index (κ1) is 15.4. The van der Waals surface area contributed by atoms with Gasteiger partial charge in [-0.15, -0.1) is 0 Å². The Morgan fingerprint density at radius 3 is 3.00 bits per heavy atom. The number of likely N-dealkylation sites (N-methyl/N-ethyl adjacent to an activating group) is 1. The zero-order valence-corrected chi connectivity index (χ0v) is 12.8. The van der Waals surface area contributed by atoms with Crippen molar-refractivity contribution in [2.24, 2.45) is 5.92 Å². The Labute approximate surface area is 117 Å². The van der Waals surface area contributed by atoms with Gasteiger partial charge < -0.3 is 19.1 Å². The van der Waals surface area contributed by atoms with Crippen LogP contribution in [0.25, 0.3) is 0 Å². The van der Waals surface area contributed by atoms with Crippen molar-refractivity contribution in [1.29, 1.82) is 0 Å². The molecule has 0 aromatic carbocycles. The van der Waals surface area contributed by atoms with E-state index in [1.165, 1.54) is 0 Å². The zero-order valence-electron chi connectivity index (χ0n) is 10.6. The fourth-order valence-corrected chi connectivity index (χ4v) is 2.19. The average Bonchev–Trinajstić information content (AvgIpc) is 2.34. The van der Waals surface area contributed by atoms with Crippen molar-refractivity contribution < 1.29 is 14.2 Å². The van der Waals surface area contributed by atoms with Gasteiger partial charge in [0.2, 0.25) is 0 Å². The molecule has 0 bridgehead atoms. The van der Waals surface area contributed by atoms with E-state index in [0.29, 0.717) is 19.3 Å². The van der Waals surface area contributed by atoms with Gasteiger partial charge in [0.15, 0.2) is 0 Å². The van der Waals surface area contributed by atoms with Crippen LogP contribution in [-0.4, -0.2) is 58.3 Å². The van der Waals surface area contributed by atoms with E-state index >= 15 is 0 Å². The van der Waals surface area contributed by atoms with Gasteiger partial charge in [0.25, 0.3) is 0 Å². The fraction of sp³-hybridized carbons (Fsp3) is 0.833. The molecule has 17 heavy (non-hydrogen) atoms. The van der Waals surface area contributed by atoms with Crippen molar-refractivity contribution in [2.45, 2.75) is 12.5 Å². The second-order valence-corrected chi connectivity index (χ2v) is 5.04. The Morgan fingerprint density at radius 2 is 2.29 bits per heavy atom. The van der Waals surface area contributed by atoms with E-state index in [0.717, 1.165) is 26.1 Å². The molecule has 100 valence electrons. The van der Waals surface area contributed by atoms with Crippen LogP contribution in [0.3, 0.4) is 0 Å². The van der Waals surface area contributed by atoms with Crippen molar-refractivity contribution in [1.82, 2.24) is 4.90 Å². The fourth-order valence-electron chi connectivity index (χ4n) is 1.98. The first-order valence-corrected chi connectivity index (χ1v) is 7.14. The van der Waals surface area contributed by atoms with E-state index in [2.05, 4.69) is 34.5 Å². The maximum atomic E-state index is 5.71. The van der Waals surface area contributed by atoms with Crippen LogP contribution in [0.2, 0.25) is 0 Å². The Hall–Kier alpha value is 0.310. The minimum Gasteiger partial charge on any atom is -0.377 e. The minimum atomic E-state index is 0.220. The summed E-state index contributed by atoms with van der Waals surface area (Å²) in [7, 11) is 3.78. The normalized spacial score (nSPS) is 26.8. The number of nitrogens with zero attached hydrogens (tertiary/aromatic N) is 1. The Kier molecular flexibility index (Phi) is 8.38. The predicted molar refractivity (Wildman–Crippen MR) is 76.3 cm³/mol. The molecule has 0 N–H and O–H groups in total. The minimum absolute atomic E-state index is 0.220. The number of hydrogen-bond donors (Lipinski definition) is 0. The van der Waals surface area contributed by atoms with Gasteiger partial charge in [0.05, 0.1) is 19.3 Å². The average molecular weight is 355 g/mol. The molecule has 0 spiro atoms. The lowest BCUT2D eigenvalue weighted by molar-refractivity contribution is -0.121. The summed E-state index contributed by atoms with van der Waals surface area (Å²) in [6.45, 7) is 3.89. The quantitative estimate of drug-likeness (QED) is 0.397. The summed E-state index contributed by atoms with van der Waals surface area (Å²) in [5, 5.41) is 0. The van der Waals surface area contributed by atoms with Gasteiger partial charge in [0, 0.05) is 19.6 Å². The van der Waals surface area contributed by atoms with Crippen LogP contribution in [0.5, 0.6) is 0 Å². The largest absolute Gasteiger partial charge is 0.377 e. The predicted octanol–water partition coefficient (Wildman–Crippen LogP) is 1.89. The molecule has 1 saturated heterocycles. The Balaban J connectivity index is 2.31. The van der Waals surface area contributed by atoms with E-state index in [9.17, 15) is 0 Å². The van der Waals surface area contributed by atoms with E-state index in [4.69, 9.17) is 14.2 Å². The Morgan fingerprint density at radius 1 is 1.47 bits per heavy atom. The topological polar surface area (TPSA) is 30.9 Å². The molecule has 0 radical (unpaired) electrons. The van der Waals surface area contributed by atoms with Crippen LogP contribution in [0.4, 0.5) is 0 Å². The standard InChI is InChI=1S/C12H22INO3/c1-14-6-4-11(9-16-7-3-5-13)12(8-14)17-10-15-2/h3,5,11-12H,4,6-10H2,1-2H3/b5-3+. The van der Waals surface area contributed by atoms with Crippen molar-refractivity contribution in [3.63, 3.8) is 0 Å². The number of likely N-dealkylation sites (tertiary alicyclic amines) is 1. The highest BCUT2D eigenvalue weighted by Crippen LogP contribution is 2.20. The van der Waals surface area contributed by atoms with Gasteiger partial charge in [-0.3, -0.25) is 0 Å². The summed E-state index contributed by atoms with van der Waals surface area (Å²) in [4.78, 5) is 2.29. The molecule has 4 nitrogen and oxygen atoms in total. The second kappa shape index (κ2) is 9.27. The highest BCUT2D eigenvalue weighted by Gasteiger charge is 2.28. The number of methoxy groups -OCH3 is 1. The smallest absolute Gasteiger partial charge is 0.146 e. The lowest BCUT2D eigenvalue weighted by Crippen LogP contribution is -2.45. The Bertz CT molecular complexity index is 226. The molecule has 1 fully saturated rings. The molecular formula is C12H22INO3. The van der Waals surface area contributed by atoms with E-state index in [1.54, 1.807) is 7.11 Å². The maximum Gasteiger partial charge on any atom is 0.146 e. The van der Waals surface area contributed by atoms with E-state index < -0.39 is 0 Å². The molecule has 2 unspecified atom stereocenters. The molecule has 1 heterocycles. The summed E-state index contributed by atoms with van der Waals surface area (Å²) in [6.07, 6.45) is 3.36. The third-order valence-electron chi connectivity index (χ3n) is 2.93. The van der Waals surface area contributed by atoms with Crippen molar-refractivity contribution in [3.8, 4) is 0 Å². The third kappa shape index (κ3) is 6.15. The van der Waals surface area contributed by atoms with Crippen LogP contribution >= 0.6 is 22.6 Å². The number of halogens is 1. The summed E-state index contributed by atoms with van der Waals surface area (Å²) >= 11 is 2.20. The highest BCUT2D eigenvalue weighted by molar-refractivity contribution is 14.1. The number of hydrogen-bond acceptors (Lipinski definition) is 4. The van der Waals surface area contributed by atoms with Crippen LogP contribution in [-0.2, 0) is 14.2 Å². The van der Waals surface area contributed by atoms with Gasteiger partial charge in [-0.2, -0.15) is 0 Å². The van der Waals surface area contributed by atoms with Gasteiger partial charge in [0.1, 0.15) is 6.79 Å². The van der Waals surface area contributed by atoms with Gasteiger partial charge in [-0.1, -0.05) is 28.7 Å². The van der Waals surface area contributed by atoms with Crippen LogP contribution in [0.1, 0.15) is 6.42 Å². The summed E-state index contributed by atoms with van der Waals surface area (Å²) in [6, 6.07) is 0. The van der Waals surface area contributed by atoms with Crippen molar-refractivity contribution in [3.05, 3.63) is 10.2 Å². The van der Waals surface area contributed by atoms with Gasteiger partial charge in [-0.05, 0) is 24.1 Å². The summed E-state index contributed by atoms with van der Waals surface area (Å²) in [5.41, 5.74) is 0. The molecule has 1 rings (SSSR count). The van der Waals surface area contributed by atoms with Crippen LogP contribution in [0, 0.1) is 5.92 Å². The van der Waals surface area contributed by atoms with E-state index in [-0.39, 0.29) is 6.10 Å². The SMILES string of the molecule is COCOC1CN(C)CCC1COC/C=C/I. The highest BCUT2D eigenvalue weighted by atomic mass is 127. The first-order valence-electron chi connectivity index (χ1n) is 5.90. The molecule has 0 aromatic heterocycles. The number of rotatable bonds is 7. The van der Waals surface area contributed by atoms with Crippen LogP contribution < -0.4 is 0 Å². The summed E-state index contributed by atoms with van der Waals surface area (Å²) in [5.74, 6) is 0.476. The molecular weight excluding hydrogens is 333 g/mol. The molecule has 0 amide bonds. The van der Waals surface area contributed by atoms with Crippen LogP contribution in [0.15, 0.2) is 10.2 Å². The molecule has 0 aliphatic carbocycles. The maximum absolute atomic E-state index is 5.71. The molecule has 0 saturated carbocycles. The second-order valence-electron chi connectivity index (χ2n) is 4.32. The van der Waals surface area contributed by atoms with Crippen molar-refractivity contribution >= 4 is 22.6 Å². The number of ether oxygens (including phenoxy) is 3. The van der Waals surface area contributed by atoms with Gasteiger partial charge in [-0.25, -0.2) is 0 Å². The third-order valence-corrected chi connectivity index (χ3v) is 3.44. The summed E-state index contributed by atoms with van der Waals surface area (Å²) < 4.78 is 18.3. The zero-order chi connectivity index (χ0) is 12.5.